The second-order valence-corrected chi connectivity index (χ2v) is 6.57. The monoisotopic (exact) mass is 326 g/mol. The van der Waals surface area contributed by atoms with E-state index in [1.807, 2.05) is 19.2 Å². The zero-order valence-electron chi connectivity index (χ0n) is 12.0. The molecule has 1 aliphatic carbocycles. The molecule has 0 bridgehead atoms. The standard InChI is InChI=1S/C15H23BrN2O/c1-17-10-15(6-7-15)11-18(2)9-12-8-13(16)4-5-14(12)19-3/h4-5,8,17H,6-7,9-11H2,1-3H3. The summed E-state index contributed by atoms with van der Waals surface area (Å²) in [5.41, 5.74) is 1.74. The minimum absolute atomic E-state index is 0.503. The molecule has 0 heterocycles. The van der Waals surface area contributed by atoms with Crippen molar-refractivity contribution >= 4 is 15.9 Å². The van der Waals surface area contributed by atoms with Gasteiger partial charge >= 0.3 is 0 Å². The number of rotatable bonds is 7. The zero-order chi connectivity index (χ0) is 13.9. The highest BCUT2D eigenvalue weighted by Gasteiger charge is 2.42. The van der Waals surface area contributed by atoms with Crippen LogP contribution in [0, 0.1) is 5.41 Å². The molecule has 0 radical (unpaired) electrons. The van der Waals surface area contributed by atoms with Crippen LogP contribution < -0.4 is 10.1 Å². The molecule has 0 saturated heterocycles. The third-order valence-corrected chi connectivity index (χ3v) is 4.29. The van der Waals surface area contributed by atoms with E-state index in [9.17, 15) is 0 Å². The maximum absolute atomic E-state index is 5.43. The first-order valence-electron chi connectivity index (χ1n) is 6.74. The number of nitrogens with one attached hydrogen (secondary N) is 1. The molecule has 0 unspecified atom stereocenters. The van der Waals surface area contributed by atoms with Crippen molar-refractivity contribution in [1.82, 2.24) is 10.2 Å². The van der Waals surface area contributed by atoms with Crippen molar-refractivity contribution in [3.8, 4) is 5.75 Å². The number of nitrogens with zero attached hydrogens (tertiary/aromatic N) is 1. The molecule has 19 heavy (non-hydrogen) atoms. The van der Waals surface area contributed by atoms with Crippen LogP contribution in [0.1, 0.15) is 18.4 Å². The van der Waals surface area contributed by atoms with Gasteiger partial charge in [-0.1, -0.05) is 15.9 Å². The molecular weight excluding hydrogens is 304 g/mol. The van der Waals surface area contributed by atoms with Crippen LogP contribution in [-0.2, 0) is 6.54 Å². The maximum Gasteiger partial charge on any atom is 0.123 e. The van der Waals surface area contributed by atoms with Crippen LogP contribution in [0.5, 0.6) is 5.75 Å². The molecule has 0 spiro atoms. The highest BCUT2D eigenvalue weighted by atomic mass is 79.9. The molecule has 1 aromatic carbocycles. The fourth-order valence-corrected chi connectivity index (χ4v) is 3.14. The molecule has 0 aliphatic heterocycles. The van der Waals surface area contributed by atoms with Gasteiger partial charge in [0.25, 0.3) is 0 Å². The molecule has 0 aromatic heterocycles. The molecule has 3 nitrogen and oxygen atoms in total. The molecule has 1 fully saturated rings. The Bertz CT molecular complexity index is 432. The van der Waals surface area contributed by atoms with E-state index in [0.29, 0.717) is 5.41 Å². The highest BCUT2D eigenvalue weighted by Crippen LogP contribution is 2.45. The van der Waals surface area contributed by atoms with Gasteiger partial charge in [-0.3, -0.25) is 0 Å². The van der Waals surface area contributed by atoms with Crippen molar-refractivity contribution in [3.63, 3.8) is 0 Å². The van der Waals surface area contributed by atoms with E-state index in [2.05, 4.69) is 39.3 Å². The Labute approximate surface area is 124 Å². The molecule has 4 heteroatoms. The van der Waals surface area contributed by atoms with E-state index >= 15 is 0 Å². The number of ether oxygens (including phenoxy) is 1. The van der Waals surface area contributed by atoms with Gasteiger partial charge in [0.1, 0.15) is 5.75 Å². The van der Waals surface area contributed by atoms with Crippen LogP contribution in [0.25, 0.3) is 0 Å². The summed E-state index contributed by atoms with van der Waals surface area (Å²) in [6, 6.07) is 6.19. The number of halogens is 1. The van der Waals surface area contributed by atoms with Gasteiger partial charge in [0.05, 0.1) is 7.11 Å². The average molecular weight is 327 g/mol. The van der Waals surface area contributed by atoms with Crippen molar-refractivity contribution in [2.24, 2.45) is 5.41 Å². The lowest BCUT2D eigenvalue weighted by molar-refractivity contribution is 0.249. The van der Waals surface area contributed by atoms with Crippen LogP contribution in [-0.4, -0.2) is 39.2 Å². The molecule has 106 valence electrons. The lowest BCUT2D eigenvalue weighted by Gasteiger charge is -2.24. The van der Waals surface area contributed by atoms with Crippen LogP contribution in [0.2, 0.25) is 0 Å². The topological polar surface area (TPSA) is 24.5 Å². The van der Waals surface area contributed by atoms with Crippen LogP contribution >= 0.6 is 15.9 Å². The van der Waals surface area contributed by atoms with Gasteiger partial charge in [0, 0.05) is 29.7 Å². The summed E-state index contributed by atoms with van der Waals surface area (Å²) < 4.78 is 6.54. The Morgan fingerprint density at radius 2 is 2.16 bits per heavy atom. The number of methoxy groups -OCH3 is 1. The molecule has 0 amide bonds. The predicted octanol–water partition coefficient (Wildman–Crippen LogP) is 2.89. The number of hydrogen-bond donors (Lipinski definition) is 1. The van der Waals surface area contributed by atoms with Gasteiger partial charge < -0.3 is 15.0 Å². The minimum Gasteiger partial charge on any atom is -0.496 e. The fraction of sp³-hybridized carbons (Fsp3) is 0.600. The van der Waals surface area contributed by atoms with Crippen LogP contribution in [0.15, 0.2) is 22.7 Å². The highest BCUT2D eigenvalue weighted by molar-refractivity contribution is 9.10. The first-order chi connectivity index (χ1) is 9.08. The van der Waals surface area contributed by atoms with Crippen LogP contribution in [0.3, 0.4) is 0 Å². The Kier molecular flexibility index (Phi) is 4.87. The van der Waals surface area contributed by atoms with Crippen molar-refractivity contribution in [3.05, 3.63) is 28.2 Å². The van der Waals surface area contributed by atoms with Crippen molar-refractivity contribution in [2.75, 3.05) is 34.3 Å². The van der Waals surface area contributed by atoms with Crippen molar-refractivity contribution in [1.29, 1.82) is 0 Å². The third-order valence-electron chi connectivity index (χ3n) is 3.80. The summed E-state index contributed by atoms with van der Waals surface area (Å²) in [7, 11) is 5.96. The summed E-state index contributed by atoms with van der Waals surface area (Å²) in [5.74, 6) is 0.966. The smallest absolute Gasteiger partial charge is 0.123 e. The van der Waals surface area contributed by atoms with E-state index < -0.39 is 0 Å². The Morgan fingerprint density at radius 1 is 1.42 bits per heavy atom. The average Bonchev–Trinajstić information content (AvgIpc) is 3.09. The second-order valence-electron chi connectivity index (χ2n) is 5.66. The molecule has 1 saturated carbocycles. The Balaban J connectivity index is 1.98. The third kappa shape index (κ3) is 3.94. The van der Waals surface area contributed by atoms with E-state index in [0.717, 1.165) is 29.9 Å². The summed E-state index contributed by atoms with van der Waals surface area (Å²) in [6.45, 7) is 3.19. The summed E-state index contributed by atoms with van der Waals surface area (Å²) in [4.78, 5) is 2.40. The second kappa shape index (κ2) is 6.25. The lowest BCUT2D eigenvalue weighted by atomic mass is 10.1. The maximum atomic E-state index is 5.43. The van der Waals surface area contributed by atoms with Gasteiger partial charge in [-0.25, -0.2) is 0 Å². The summed E-state index contributed by atoms with van der Waals surface area (Å²) in [5, 5.41) is 3.31. The minimum atomic E-state index is 0.503. The van der Waals surface area contributed by atoms with Gasteiger partial charge in [0.15, 0.2) is 0 Å². The van der Waals surface area contributed by atoms with E-state index in [4.69, 9.17) is 4.74 Å². The SMILES string of the molecule is CNCC1(CN(C)Cc2cc(Br)ccc2OC)CC1. The summed E-state index contributed by atoms with van der Waals surface area (Å²) >= 11 is 3.53. The molecule has 1 aliphatic rings. The predicted molar refractivity (Wildman–Crippen MR) is 82.6 cm³/mol. The Hall–Kier alpha value is -0.580. The largest absolute Gasteiger partial charge is 0.496 e. The first kappa shape index (κ1) is 14.8. The Morgan fingerprint density at radius 3 is 2.74 bits per heavy atom. The normalized spacial score (nSPS) is 16.7. The molecule has 2 rings (SSSR count). The van der Waals surface area contributed by atoms with Gasteiger partial charge in [0.2, 0.25) is 0 Å². The van der Waals surface area contributed by atoms with Gasteiger partial charge in [-0.2, -0.15) is 0 Å². The van der Waals surface area contributed by atoms with E-state index in [1.54, 1.807) is 7.11 Å². The number of benzene rings is 1. The molecule has 1 aromatic rings. The van der Waals surface area contributed by atoms with Crippen LogP contribution in [0.4, 0.5) is 0 Å². The van der Waals surface area contributed by atoms with Crippen molar-refractivity contribution in [2.45, 2.75) is 19.4 Å². The van der Waals surface area contributed by atoms with Crippen molar-refractivity contribution < 1.29 is 4.74 Å². The quantitative estimate of drug-likeness (QED) is 0.833. The zero-order valence-corrected chi connectivity index (χ0v) is 13.6. The summed E-state index contributed by atoms with van der Waals surface area (Å²) in [6.07, 6.45) is 2.68. The van der Waals surface area contributed by atoms with E-state index in [-0.39, 0.29) is 0 Å². The molecular formula is C15H23BrN2O. The molecule has 1 N–H and O–H groups in total. The lowest BCUT2D eigenvalue weighted by Crippen LogP contribution is -2.32. The van der Waals surface area contributed by atoms with Gasteiger partial charge in [-0.15, -0.1) is 0 Å². The fourth-order valence-electron chi connectivity index (χ4n) is 2.73. The van der Waals surface area contributed by atoms with Gasteiger partial charge in [-0.05, 0) is 50.6 Å². The molecule has 0 atom stereocenters. The number of hydrogen-bond acceptors (Lipinski definition) is 3. The first-order valence-corrected chi connectivity index (χ1v) is 7.53. The van der Waals surface area contributed by atoms with E-state index in [1.165, 1.54) is 18.4 Å².